The van der Waals surface area contributed by atoms with Gasteiger partial charge in [-0.05, 0) is 30.3 Å². The fraction of sp³-hybridized carbons (Fsp3) is 0.0769. The van der Waals surface area contributed by atoms with Gasteiger partial charge in [-0.25, -0.2) is 17.6 Å². The van der Waals surface area contributed by atoms with Crippen molar-refractivity contribution in [1.29, 1.82) is 0 Å². The van der Waals surface area contributed by atoms with Gasteiger partial charge in [-0.1, -0.05) is 0 Å². The zero-order chi connectivity index (χ0) is 14.0. The molecule has 0 bridgehead atoms. The Morgan fingerprint density at radius 3 is 2.42 bits per heavy atom. The first-order chi connectivity index (χ1) is 8.99. The fourth-order valence-electron chi connectivity index (χ4n) is 1.55. The second-order valence-corrected chi connectivity index (χ2v) is 3.85. The van der Waals surface area contributed by atoms with Crippen molar-refractivity contribution in [2.24, 2.45) is 0 Å². The van der Waals surface area contributed by atoms with Gasteiger partial charge in [0.25, 0.3) is 0 Å². The van der Waals surface area contributed by atoms with E-state index in [-0.39, 0.29) is 23.5 Å². The molecule has 0 aromatic heterocycles. The summed E-state index contributed by atoms with van der Waals surface area (Å²) in [6.45, 7) is -0.133. The molecule has 0 heterocycles. The molecule has 0 atom stereocenters. The molecule has 0 aliphatic rings. The number of aromatic hydroxyl groups is 1. The highest BCUT2D eigenvalue weighted by Gasteiger charge is 2.13. The first-order valence-corrected chi connectivity index (χ1v) is 5.34. The summed E-state index contributed by atoms with van der Waals surface area (Å²) >= 11 is 0. The predicted molar refractivity (Wildman–Crippen MR) is 61.7 cm³/mol. The molecule has 0 aliphatic carbocycles. The van der Waals surface area contributed by atoms with Gasteiger partial charge in [0.05, 0.1) is 5.69 Å². The number of anilines is 1. The zero-order valence-corrected chi connectivity index (χ0v) is 9.55. The van der Waals surface area contributed by atoms with Crippen LogP contribution in [0.25, 0.3) is 0 Å². The molecule has 0 saturated carbocycles. The number of halogens is 4. The van der Waals surface area contributed by atoms with Crippen LogP contribution < -0.4 is 5.32 Å². The third-order valence-electron chi connectivity index (χ3n) is 2.55. The molecule has 0 saturated heterocycles. The lowest BCUT2D eigenvalue weighted by molar-refractivity contribution is 0.448. The summed E-state index contributed by atoms with van der Waals surface area (Å²) in [7, 11) is 0. The SMILES string of the molecule is Oc1ccc(F)cc1CNc1ccc(F)c(F)c1F. The van der Waals surface area contributed by atoms with Crippen LogP contribution in [0.3, 0.4) is 0 Å². The van der Waals surface area contributed by atoms with Crippen LogP contribution in [0.2, 0.25) is 0 Å². The van der Waals surface area contributed by atoms with Crippen LogP contribution in [0.1, 0.15) is 5.56 Å². The van der Waals surface area contributed by atoms with Gasteiger partial charge >= 0.3 is 0 Å². The van der Waals surface area contributed by atoms with Gasteiger partial charge in [-0.3, -0.25) is 0 Å². The average molecular weight is 271 g/mol. The van der Waals surface area contributed by atoms with Crippen LogP contribution in [0.15, 0.2) is 30.3 Å². The molecule has 2 nitrogen and oxygen atoms in total. The first kappa shape index (κ1) is 13.2. The molecule has 2 N–H and O–H groups in total. The number of phenols is 1. The largest absolute Gasteiger partial charge is 0.508 e. The van der Waals surface area contributed by atoms with Gasteiger partial charge in [0.1, 0.15) is 11.6 Å². The molecule has 2 rings (SSSR count). The second-order valence-electron chi connectivity index (χ2n) is 3.85. The first-order valence-electron chi connectivity index (χ1n) is 5.34. The van der Waals surface area contributed by atoms with E-state index in [2.05, 4.69) is 5.32 Å². The highest BCUT2D eigenvalue weighted by molar-refractivity contribution is 5.47. The third-order valence-corrected chi connectivity index (χ3v) is 2.55. The van der Waals surface area contributed by atoms with E-state index in [0.717, 1.165) is 30.3 Å². The number of hydrogen-bond acceptors (Lipinski definition) is 2. The Kier molecular flexibility index (Phi) is 3.59. The molecule has 2 aromatic carbocycles. The third kappa shape index (κ3) is 2.78. The fourth-order valence-corrected chi connectivity index (χ4v) is 1.55. The van der Waals surface area contributed by atoms with Crippen LogP contribution in [0.5, 0.6) is 5.75 Å². The van der Waals surface area contributed by atoms with Crippen molar-refractivity contribution in [2.75, 3.05) is 5.32 Å². The van der Waals surface area contributed by atoms with Crippen LogP contribution in [-0.2, 0) is 6.54 Å². The van der Waals surface area contributed by atoms with E-state index in [1.165, 1.54) is 0 Å². The Hall–Kier alpha value is -2.24. The standard InChI is InChI=1S/C13H9F4NO/c14-8-1-4-11(19)7(5-8)6-18-10-3-2-9(15)12(16)13(10)17/h1-5,18-19H,6H2. The monoisotopic (exact) mass is 271 g/mol. The molecule has 100 valence electrons. The quantitative estimate of drug-likeness (QED) is 0.661. The maximum absolute atomic E-state index is 13.3. The highest BCUT2D eigenvalue weighted by Crippen LogP contribution is 2.23. The van der Waals surface area contributed by atoms with E-state index in [0.29, 0.717) is 0 Å². The summed E-state index contributed by atoms with van der Waals surface area (Å²) in [5.41, 5.74) is -0.105. The minimum absolute atomic E-state index is 0.133. The van der Waals surface area contributed by atoms with Gasteiger partial charge in [0, 0.05) is 12.1 Å². The summed E-state index contributed by atoms with van der Waals surface area (Å²) in [6.07, 6.45) is 0. The van der Waals surface area contributed by atoms with Crippen LogP contribution in [0, 0.1) is 23.3 Å². The van der Waals surface area contributed by atoms with E-state index < -0.39 is 23.3 Å². The second kappa shape index (κ2) is 5.17. The molecule has 0 unspecified atom stereocenters. The van der Waals surface area contributed by atoms with Crippen molar-refractivity contribution >= 4 is 5.69 Å². The highest BCUT2D eigenvalue weighted by atomic mass is 19.2. The molecule has 19 heavy (non-hydrogen) atoms. The van der Waals surface area contributed by atoms with Crippen molar-refractivity contribution in [3.63, 3.8) is 0 Å². The molecule has 2 aromatic rings. The average Bonchev–Trinajstić information content (AvgIpc) is 2.39. The summed E-state index contributed by atoms with van der Waals surface area (Å²) in [5.74, 6) is -5.00. The van der Waals surface area contributed by atoms with Crippen molar-refractivity contribution in [2.45, 2.75) is 6.54 Å². The Bertz CT molecular complexity index is 616. The lowest BCUT2D eigenvalue weighted by Gasteiger charge is -2.09. The van der Waals surface area contributed by atoms with Gasteiger partial charge in [-0.15, -0.1) is 0 Å². The normalized spacial score (nSPS) is 10.5. The van der Waals surface area contributed by atoms with E-state index in [1.54, 1.807) is 0 Å². The van der Waals surface area contributed by atoms with Crippen LogP contribution in [0.4, 0.5) is 23.2 Å². The Balaban J connectivity index is 2.19. The van der Waals surface area contributed by atoms with E-state index in [4.69, 9.17) is 0 Å². The molecular weight excluding hydrogens is 262 g/mol. The van der Waals surface area contributed by atoms with E-state index in [1.807, 2.05) is 0 Å². The minimum Gasteiger partial charge on any atom is -0.508 e. The summed E-state index contributed by atoms with van der Waals surface area (Å²) in [5, 5.41) is 11.9. The Morgan fingerprint density at radius 2 is 1.68 bits per heavy atom. The predicted octanol–water partition coefficient (Wildman–Crippen LogP) is 3.56. The van der Waals surface area contributed by atoms with Crippen molar-refractivity contribution < 1.29 is 22.7 Å². The molecule has 0 aliphatic heterocycles. The van der Waals surface area contributed by atoms with Crippen molar-refractivity contribution in [1.82, 2.24) is 0 Å². The van der Waals surface area contributed by atoms with Gasteiger partial charge in [0.15, 0.2) is 17.5 Å². The molecular formula is C13H9F4NO. The maximum Gasteiger partial charge on any atom is 0.196 e. The van der Waals surface area contributed by atoms with Crippen LogP contribution in [-0.4, -0.2) is 5.11 Å². The number of nitrogens with one attached hydrogen (secondary N) is 1. The smallest absolute Gasteiger partial charge is 0.196 e. The van der Waals surface area contributed by atoms with E-state index in [9.17, 15) is 22.7 Å². The van der Waals surface area contributed by atoms with Crippen molar-refractivity contribution in [3.8, 4) is 5.75 Å². The molecule has 0 fully saturated rings. The Labute approximate surface area is 106 Å². The summed E-state index contributed by atoms with van der Waals surface area (Å²) < 4.78 is 51.9. The molecule has 6 heteroatoms. The number of hydrogen-bond donors (Lipinski definition) is 2. The van der Waals surface area contributed by atoms with Gasteiger partial charge < -0.3 is 10.4 Å². The topological polar surface area (TPSA) is 32.3 Å². The lowest BCUT2D eigenvalue weighted by atomic mass is 10.2. The number of rotatable bonds is 3. The molecule has 0 radical (unpaired) electrons. The lowest BCUT2D eigenvalue weighted by Crippen LogP contribution is -2.04. The maximum atomic E-state index is 13.3. The van der Waals surface area contributed by atoms with Gasteiger partial charge in [-0.2, -0.15) is 0 Å². The zero-order valence-electron chi connectivity index (χ0n) is 9.55. The van der Waals surface area contributed by atoms with Gasteiger partial charge in [0.2, 0.25) is 0 Å². The molecule has 0 spiro atoms. The summed E-state index contributed by atoms with van der Waals surface area (Å²) in [6, 6.07) is 5.06. The number of phenolic OH excluding ortho intramolecular Hbond substituents is 1. The van der Waals surface area contributed by atoms with Crippen molar-refractivity contribution in [3.05, 3.63) is 59.2 Å². The molecule has 0 amide bonds. The Morgan fingerprint density at radius 1 is 0.947 bits per heavy atom. The van der Waals surface area contributed by atoms with Crippen LogP contribution >= 0.6 is 0 Å². The van der Waals surface area contributed by atoms with E-state index >= 15 is 0 Å². The minimum atomic E-state index is -1.59. The number of benzene rings is 2. The summed E-state index contributed by atoms with van der Waals surface area (Å²) in [4.78, 5) is 0.